The van der Waals surface area contributed by atoms with E-state index >= 15 is 0 Å². The Hall–Kier alpha value is -4.60. The number of hydrogen-bond donors (Lipinski definition) is 2. The molecule has 0 fully saturated rings. The summed E-state index contributed by atoms with van der Waals surface area (Å²) in [7, 11) is 0. The summed E-state index contributed by atoms with van der Waals surface area (Å²) in [5.41, 5.74) is 13.3. The predicted octanol–water partition coefficient (Wildman–Crippen LogP) is 7.89. The fourth-order valence-electron chi connectivity index (χ4n) is 4.36. The molecule has 0 saturated carbocycles. The zero-order chi connectivity index (χ0) is 32.4. The van der Waals surface area contributed by atoms with E-state index in [0.717, 1.165) is 63.9 Å². The molecule has 8 nitrogen and oxygen atoms in total. The summed E-state index contributed by atoms with van der Waals surface area (Å²) in [4.78, 5) is 24.2. The SMILES string of the molecule is CCCCCOc1ccc(OC(=O)C=Cc2ccc(OCCCCCCCCOC(=O)c3cc(N)cc(N)c3)cc2)c(F)c1F. The van der Waals surface area contributed by atoms with Crippen LogP contribution >= 0.6 is 0 Å². The Balaban J connectivity index is 1.27. The van der Waals surface area contributed by atoms with Crippen molar-refractivity contribution in [2.75, 3.05) is 31.3 Å². The molecule has 242 valence electrons. The number of nitrogen functional groups attached to an aromatic ring is 2. The van der Waals surface area contributed by atoms with Crippen molar-refractivity contribution in [3.63, 3.8) is 0 Å². The van der Waals surface area contributed by atoms with Crippen molar-refractivity contribution >= 4 is 29.4 Å². The number of carbonyl (C=O) groups excluding carboxylic acids is 2. The predicted molar refractivity (Wildman–Crippen MR) is 171 cm³/mol. The van der Waals surface area contributed by atoms with E-state index in [9.17, 15) is 18.4 Å². The number of rotatable bonds is 19. The zero-order valence-corrected chi connectivity index (χ0v) is 25.7. The molecule has 4 N–H and O–H groups in total. The molecule has 0 saturated heterocycles. The minimum atomic E-state index is -1.27. The highest BCUT2D eigenvalue weighted by atomic mass is 19.2. The molecule has 45 heavy (non-hydrogen) atoms. The van der Waals surface area contributed by atoms with E-state index in [1.54, 1.807) is 42.5 Å². The quantitative estimate of drug-likeness (QED) is 0.0454. The van der Waals surface area contributed by atoms with Gasteiger partial charge in [-0.15, -0.1) is 0 Å². The van der Waals surface area contributed by atoms with Crippen LogP contribution in [0, 0.1) is 11.6 Å². The normalized spacial score (nSPS) is 11.0. The molecule has 0 bridgehead atoms. The lowest BCUT2D eigenvalue weighted by Gasteiger charge is -2.09. The van der Waals surface area contributed by atoms with Gasteiger partial charge in [-0.05, 0) is 73.4 Å². The molecule has 3 rings (SSSR count). The molecule has 0 aliphatic carbocycles. The van der Waals surface area contributed by atoms with Gasteiger partial charge in [0.15, 0.2) is 11.5 Å². The first-order chi connectivity index (χ1) is 21.8. The molecule has 10 heteroatoms. The van der Waals surface area contributed by atoms with Crippen LogP contribution in [0.25, 0.3) is 6.08 Å². The first-order valence-corrected chi connectivity index (χ1v) is 15.3. The van der Waals surface area contributed by atoms with Crippen LogP contribution in [-0.4, -0.2) is 31.8 Å². The smallest absolute Gasteiger partial charge is 0.338 e. The summed E-state index contributed by atoms with van der Waals surface area (Å²) in [5, 5.41) is 0. The van der Waals surface area contributed by atoms with Crippen molar-refractivity contribution in [3.8, 4) is 17.2 Å². The average molecular weight is 625 g/mol. The van der Waals surface area contributed by atoms with Crippen LogP contribution in [-0.2, 0) is 9.53 Å². The number of unbranched alkanes of at least 4 members (excludes halogenated alkanes) is 7. The minimum Gasteiger partial charge on any atom is -0.494 e. The second kappa shape index (κ2) is 18.9. The average Bonchev–Trinajstić information content (AvgIpc) is 3.02. The number of halogens is 2. The number of benzene rings is 3. The third-order valence-corrected chi connectivity index (χ3v) is 6.77. The van der Waals surface area contributed by atoms with Gasteiger partial charge < -0.3 is 30.4 Å². The molecular weight excluding hydrogens is 582 g/mol. The lowest BCUT2D eigenvalue weighted by molar-refractivity contribution is -0.129. The van der Waals surface area contributed by atoms with Gasteiger partial charge in [-0.25, -0.2) is 9.59 Å². The van der Waals surface area contributed by atoms with E-state index in [2.05, 4.69) is 0 Å². The fourth-order valence-corrected chi connectivity index (χ4v) is 4.36. The second-order valence-corrected chi connectivity index (χ2v) is 10.6. The van der Waals surface area contributed by atoms with Gasteiger partial charge in [-0.1, -0.05) is 57.6 Å². The van der Waals surface area contributed by atoms with E-state index < -0.39 is 29.3 Å². The standard InChI is InChI=1S/C35H42F2N2O6/c1-2-3-8-20-43-30-16-17-31(34(37)33(30)36)45-32(40)18-13-25-11-14-29(15-12-25)42-19-9-6-4-5-7-10-21-44-35(41)26-22-27(38)24-28(39)23-26/h11-18,22-24H,2-10,19-21,38-39H2,1H3. The van der Waals surface area contributed by atoms with Crippen LogP contribution in [0.1, 0.15) is 80.6 Å². The first kappa shape index (κ1) is 34.9. The van der Waals surface area contributed by atoms with Gasteiger partial charge in [0.1, 0.15) is 5.75 Å². The highest BCUT2D eigenvalue weighted by Crippen LogP contribution is 2.28. The molecule has 0 spiro atoms. The molecule has 0 aromatic heterocycles. The van der Waals surface area contributed by atoms with Crippen LogP contribution in [0.4, 0.5) is 20.2 Å². The van der Waals surface area contributed by atoms with Crippen LogP contribution in [0.5, 0.6) is 17.2 Å². The van der Waals surface area contributed by atoms with Gasteiger partial charge in [0.05, 0.1) is 25.4 Å². The van der Waals surface area contributed by atoms with Crippen LogP contribution in [0.15, 0.2) is 60.7 Å². The number of ether oxygens (including phenoxy) is 4. The van der Waals surface area contributed by atoms with Crippen LogP contribution in [0.2, 0.25) is 0 Å². The third-order valence-electron chi connectivity index (χ3n) is 6.77. The molecular formula is C35H42F2N2O6. The van der Waals surface area contributed by atoms with Gasteiger partial charge in [0.2, 0.25) is 11.6 Å². The molecule has 0 aliphatic heterocycles. The van der Waals surface area contributed by atoms with Crippen molar-refractivity contribution in [1.82, 2.24) is 0 Å². The lowest BCUT2D eigenvalue weighted by atomic mass is 10.1. The molecule has 0 aliphatic rings. The number of anilines is 2. The summed E-state index contributed by atoms with van der Waals surface area (Å²) in [6, 6.07) is 14.2. The maximum atomic E-state index is 14.3. The summed E-state index contributed by atoms with van der Waals surface area (Å²) >= 11 is 0. The minimum absolute atomic E-state index is 0.212. The van der Waals surface area contributed by atoms with Crippen molar-refractivity contribution < 1.29 is 37.3 Å². The van der Waals surface area contributed by atoms with Crippen molar-refractivity contribution in [1.29, 1.82) is 0 Å². The molecule has 0 heterocycles. The molecule has 3 aromatic rings. The van der Waals surface area contributed by atoms with Gasteiger partial charge >= 0.3 is 11.9 Å². The van der Waals surface area contributed by atoms with Gasteiger partial charge in [0.25, 0.3) is 0 Å². The Morgan fingerprint density at radius 2 is 1.29 bits per heavy atom. The number of esters is 2. The molecule has 3 aromatic carbocycles. The summed E-state index contributed by atoms with van der Waals surface area (Å²) in [6.07, 6.45) is 11.1. The van der Waals surface area contributed by atoms with E-state index in [4.69, 9.17) is 30.4 Å². The van der Waals surface area contributed by atoms with E-state index in [0.29, 0.717) is 41.5 Å². The Labute approximate surface area is 263 Å². The van der Waals surface area contributed by atoms with Gasteiger partial charge in [-0.3, -0.25) is 0 Å². The highest BCUT2D eigenvalue weighted by molar-refractivity contribution is 5.91. The Bertz CT molecular complexity index is 1390. The fraction of sp³-hybridized carbons (Fsp3) is 0.371. The summed E-state index contributed by atoms with van der Waals surface area (Å²) in [6.45, 7) is 3.24. The monoisotopic (exact) mass is 624 g/mol. The first-order valence-electron chi connectivity index (χ1n) is 15.3. The highest BCUT2D eigenvalue weighted by Gasteiger charge is 2.17. The molecule has 0 radical (unpaired) electrons. The van der Waals surface area contributed by atoms with E-state index in [1.807, 2.05) is 6.92 Å². The third kappa shape index (κ3) is 12.5. The lowest BCUT2D eigenvalue weighted by Crippen LogP contribution is -2.07. The number of nitrogens with two attached hydrogens (primary N) is 2. The summed E-state index contributed by atoms with van der Waals surface area (Å²) < 4.78 is 49.9. The zero-order valence-electron chi connectivity index (χ0n) is 25.7. The molecule has 0 amide bonds. The Morgan fingerprint density at radius 3 is 1.98 bits per heavy atom. The molecule has 0 atom stereocenters. The van der Waals surface area contributed by atoms with Crippen molar-refractivity contribution in [3.05, 3.63) is 83.4 Å². The van der Waals surface area contributed by atoms with Crippen LogP contribution < -0.4 is 25.7 Å². The molecule has 0 unspecified atom stereocenters. The van der Waals surface area contributed by atoms with E-state index in [1.165, 1.54) is 18.2 Å². The number of carbonyl (C=O) groups is 2. The number of hydrogen-bond acceptors (Lipinski definition) is 8. The van der Waals surface area contributed by atoms with E-state index in [-0.39, 0.29) is 12.4 Å². The van der Waals surface area contributed by atoms with Gasteiger partial charge in [0, 0.05) is 17.5 Å². The maximum absolute atomic E-state index is 14.3. The topological polar surface area (TPSA) is 123 Å². The van der Waals surface area contributed by atoms with Crippen molar-refractivity contribution in [2.45, 2.75) is 64.7 Å². The second-order valence-electron chi connectivity index (χ2n) is 10.6. The van der Waals surface area contributed by atoms with Crippen LogP contribution in [0.3, 0.4) is 0 Å². The largest absolute Gasteiger partial charge is 0.494 e. The van der Waals surface area contributed by atoms with Gasteiger partial charge in [-0.2, -0.15) is 8.78 Å². The Morgan fingerprint density at radius 1 is 0.711 bits per heavy atom. The summed E-state index contributed by atoms with van der Waals surface area (Å²) in [5.74, 6) is -3.74. The van der Waals surface area contributed by atoms with Crippen molar-refractivity contribution in [2.24, 2.45) is 0 Å². The maximum Gasteiger partial charge on any atom is 0.338 e. The Kier molecular flexibility index (Phi) is 14.7.